The average Bonchev–Trinajstić information content (AvgIpc) is 3.23. The number of ether oxygens (including phenoxy) is 2. The zero-order valence-corrected chi connectivity index (χ0v) is 13.1. The molecule has 1 aliphatic carbocycles. The van der Waals surface area contributed by atoms with Crippen LogP contribution in [0.4, 0.5) is 0 Å². The van der Waals surface area contributed by atoms with Crippen LogP contribution in [0.5, 0.6) is 5.88 Å². The van der Waals surface area contributed by atoms with Gasteiger partial charge in [0.15, 0.2) is 0 Å². The van der Waals surface area contributed by atoms with Crippen LogP contribution in [0, 0.1) is 5.92 Å². The van der Waals surface area contributed by atoms with Gasteiger partial charge >= 0.3 is 0 Å². The monoisotopic (exact) mass is 314 g/mol. The minimum absolute atomic E-state index is 0.327. The van der Waals surface area contributed by atoms with Crippen LogP contribution in [0.2, 0.25) is 0 Å². The molecule has 1 unspecified atom stereocenters. The zero-order valence-electron chi connectivity index (χ0n) is 13.1. The summed E-state index contributed by atoms with van der Waals surface area (Å²) in [6, 6.07) is 8.28. The Morgan fingerprint density at radius 1 is 1.26 bits per heavy atom. The summed E-state index contributed by atoms with van der Waals surface area (Å²) in [5.74, 6) is 1.23. The molecule has 3 atom stereocenters. The smallest absolute Gasteiger partial charge is 0.213 e. The van der Waals surface area contributed by atoms with Crippen molar-refractivity contribution in [3.8, 4) is 5.88 Å². The summed E-state index contributed by atoms with van der Waals surface area (Å²) in [6.45, 7) is 3.45. The normalized spacial score (nSPS) is 27.7. The lowest BCUT2D eigenvalue weighted by Crippen LogP contribution is -2.47. The van der Waals surface area contributed by atoms with Gasteiger partial charge in [0.2, 0.25) is 5.88 Å². The lowest BCUT2D eigenvalue weighted by Gasteiger charge is -2.37. The summed E-state index contributed by atoms with van der Waals surface area (Å²) in [4.78, 5) is 6.75. The van der Waals surface area contributed by atoms with Gasteiger partial charge in [0.25, 0.3) is 0 Å². The first-order valence-electron chi connectivity index (χ1n) is 8.29. The number of hydrogen-bond donors (Lipinski definition) is 0. The average molecular weight is 314 g/mol. The molecule has 2 aromatic heterocycles. The number of aromatic nitrogens is 1. The van der Waals surface area contributed by atoms with Crippen molar-refractivity contribution in [2.75, 3.05) is 19.8 Å². The van der Waals surface area contributed by atoms with Crippen molar-refractivity contribution in [2.45, 2.75) is 31.5 Å². The summed E-state index contributed by atoms with van der Waals surface area (Å²) < 4.78 is 17.0. The van der Waals surface area contributed by atoms with Crippen molar-refractivity contribution in [1.29, 1.82) is 0 Å². The summed E-state index contributed by atoms with van der Waals surface area (Å²) in [6.07, 6.45) is 7.86. The summed E-state index contributed by atoms with van der Waals surface area (Å²) >= 11 is 0. The second-order valence-electron chi connectivity index (χ2n) is 6.40. The van der Waals surface area contributed by atoms with Crippen LogP contribution in [-0.4, -0.2) is 41.8 Å². The molecule has 0 radical (unpaired) electrons. The van der Waals surface area contributed by atoms with E-state index < -0.39 is 0 Å². The number of fused-ring (bicyclic) bond motifs is 1. The maximum absolute atomic E-state index is 6.00. The molecule has 5 heteroatoms. The number of morpholine rings is 1. The first-order valence-corrected chi connectivity index (χ1v) is 8.29. The minimum atomic E-state index is 0.327. The Morgan fingerprint density at radius 2 is 2.26 bits per heavy atom. The molecule has 2 aromatic rings. The first-order chi connectivity index (χ1) is 11.4. The second-order valence-corrected chi connectivity index (χ2v) is 6.40. The number of rotatable bonds is 5. The van der Waals surface area contributed by atoms with Gasteiger partial charge in [0, 0.05) is 37.0 Å². The fourth-order valence-corrected chi connectivity index (χ4v) is 3.71. The van der Waals surface area contributed by atoms with Gasteiger partial charge in [0.1, 0.15) is 0 Å². The predicted molar refractivity (Wildman–Crippen MR) is 85.1 cm³/mol. The Labute approximate surface area is 136 Å². The van der Waals surface area contributed by atoms with Crippen molar-refractivity contribution >= 4 is 0 Å². The van der Waals surface area contributed by atoms with E-state index in [4.69, 9.17) is 13.9 Å². The molecule has 23 heavy (non-hydrogen) atoms. The highest BCUT2D eigenvalue weighted by Gasteiger charge is 2.41. The fourth-order valence-electron chi connectivity index (χ4n) is 3.71. The van der Waals surface area contributed by atoms with Crippen molar-refractivity contribution in [3.63, 3.8) is 0 Å². The van der Waals surface area contributed by atoms with E-state index in [2.05, 4.69) is 9.88 Å². The standard InChI is InChI=1S/C18H22N2O3/c1-2-5-19-18(3-1)23-13-15-9-16-17(10-15)22-8-6-20(16)11-14-4-7-21-12-14/h1-5,7,12,15-17H,6,8-11,13H2/t15?,16-,17-/m1/s1. The number of nitrogens with zero attached hydrogens (tertiary/aromatic N) is 2. The van der Waals surface area contributed by atoms with Gasteiger partial charge in [0.05, 0.1) is 31.8 Å². The van der Waals surface area contributed by atoms with Gasteiger partial charge in [-0.1, -0.05) is 6.07 Å². The van der Waals surface area contributed by atoms with E-state index >= 15 is 0 Å². The molecule has 2 fully saturated rings. The second kappa shape index (κ2) is 6.72. The highest BCUT2D eigenvalue weighted by atomic mass is 16.5. The third-order valence-electron chi connectivity index (χ3n) is 4.82. The molecule has 0 bridgehead atoms. The molecule has 1 saturated heterocycles. The molecule has 122 valence electrons. The maximum atomic E-state index is 6.00. The Bertz CT molecular complexity index is 602. The first kappa shape index (κ1) is 14.7. The highest BCUT2D eigenvalue weighted by Crippen LogP contribution is 2.35. The zero-order chi connectivity index (χ0) is 15.5. The summed E-state index contributed by atoms with van der Waals surface area (Å²) in [5.41, 5.74) is 1.24. The molecule has 1 saturated carbocycles. The molecule has 3 heterocycles. The Balaban J connectivity index is 1.35. The van der Waals surface area contributed by atoms with Crippen molar-refractivity contribution < 1.29 is 13.9 Å². The van der Waals surface area contributed by atoms with E-state index in [0.29, 0.717) is 30.6 Å². The van der Waals surface area contributed by atoms with Crippen LogP contribution in [-0.2, 0) is 11.3 Å². The lowest BCUT2D eigenvalue weighted by atomic mass is 10.1. The van der Waals surface area contributed by atoms with Crippen LogP contribution in [0.25, 0.3) is 0 Å². The molecule has 4 rings (SSSR count). The van der Waals surface area contributed by atoms with Gasteiger partial charge < -0.3 is 13.9 Å². The Kier molecular flexibility index (Phi) is 4.30. The molecule has 2 aliphatic rings. The van der Waals surface area contributed by atoms with E-state index in [-0.39, 0.29) is 0 Å². The molecular formula is C18H22N2O3. The van der Waals surface area contributed by atoms with E-state index in [1.807, 2.05) is 30.5 Å². The Hall–Kier alpha value is -1.85. The number of furan rings is 1. The highest BCUT2D eigenvalue weighted by molar-refractivity contribution is 5.10. The van der Waals surface area contributed by atoms with E-state index in [9.17, 15) is 0 Å². The van der Waals surface area contributed by atoms with Gasteiger partial charge in [-0.3, -0.25) is 4.90 Å². The van der Waals surface area contributed by atoms with Gasteiger partial charge in [-0.25, -0.2) is 4.98 Å². The molecule has 0 amide bonds. The van der Waals surface area contributed by atoms with Crippen LogP contribution < -0.4 is 4.74 Å². The van der Waals surface area contributed by atoms with E-state index in [1.165, 1.54) is 5.56 Å². The van der Waals surface area contributed by atoms with Gasteiger partial charge in [-0.2, -0.15) is 0 Å². The van der Waals surface area contributed by atoms with Gasteiger partial charge in [-0.15, -0.1) is 0 Å². The van der Waals surface area contributed by atoms with Crippen molar-refractivity contribution in [2.24, 2.45) is 5.92 Å². The lowest BCUT2D eigenvalue weighted by molar-refractivity contribution is -0.0590. The largest absolute Gasteiger partial charge is 0.477 e. The van der Waals surface area contributed by atoms with E-state index in [0.717, 1.165) is 32.5 Å². The van der Waals surface area contributed by atoms with Crippen LogP contribution in [0.1, 0.15) is 18.4 Å². The topological polar surface area (TPSA) is 47.7 Å². The molecule has 1 aliphatic heterocycles. The molecule has 0 aromatic carbocycles. The quantitative estimate of drug-likeness (QED) is 0.849. The van der Waals surface area contributed by atoms with E-state index in [1.54, 1.807) is 12.5 Å². The summed E-state index contributed by atoms with van der Waals surface area (Å²) in [5, 5.41) is 0. The molecule has 0 N–H and O–H groups in total. The molecule has 0 spiro atoms. The van der Waals surface area contributed by atoms with Crippen LogP contribution in [0.15, 0.2) is 47.4 Å². The molecule has 5 nitrogen and oxygen atoms in total. The molecular weight excluding hydrogens is 292 g/mol. The minimum Gasteiger partial charge on any atom is -0.477 e. The number of hydrogen-bond acceptors (Lipinski definition) is 5. The third-order valence-corrected chi connectivity index (χ3v) is 4.82. The Morgan fingerprint density at radius 3 is 3.09 bits per heavy atom. The fraction of sp³-hybridized carbons (Fsp3) is 0.500. The maximum Gasteiger partial charge on any atom is 0.213 e. The van der Waals surface area contributed by atoms with Crippen LogP contribution >= 0.6 is 0 Å². The van der Waals surface area contributed by atoms with Crippen molar-refractivity contribution in [1.82, 2.24) is 9.88 Å². The van der Waals surface area contributed by atoms with Crippen molar-refractivity contribution in [3.05, 3.63) is 48.6 Å². The third kappa shape index (κ3) is 3.41. The summed E-state index contributed by atoms with van der Waals surface area (Å²) in [7, 11) is 0. The predicted octanol–water partition coefficient (Wildman–Crippen LogP) is 2.73. The number of pyridine rings is 1. The van der Waals surface area contributed by atoms with Crippen LogP contribution in [0.3, 0.4) is 0 Å². The van der Waals surface area contributed by atoms with Gasteiger partial charge in [-0.05, 0) is 30.9 Å². The SMILES string of the molecule is c1ccc(OCC2C[C@@H]3[C@@H](C2)OCCN3Cc2ccoc2)nc1.